The third kappa shape index (κ3) is 3.56. The Morgan fingerprint density at radius 1 is 1.33 bits per heavy atom. The minimum Gasteiger partial charge on any atom is -0.491 e. The van der Waals surface area contributed by atoms with E-state index in [0.29, 0.717) is 6.54 Å². The SMILES string of the molecule is COC(=O)c1ncn(CCOc2ccccc2C(=O)O)n1. The van der Waals surface area contributed by atoms with Gasteiger partial charge in [-0.05, 0) is 12.1 Å². The van der Waals surface area contributed by atoms with E-state index in [1.54, 1.807) is 18.2 Å². The van der Waals surface area contributed by atoms with Crippen molar-refractivity contribution in [1.82, 2.24) is 14.8 Å². The zero-order valence-electron chi connectivity index (χ0n) is 11.2. The molecule has 1 aromatic heterocycles. The molecular formula is C13H13N3O5. The molecule has 0 amide bonds. The number of methoxy groups -OCH3 is 1. The molecule has 21 heavy (non-hydrogen) atoms. The lowest BCUT2D eigenvalue weighted by atomic mass is 10.2. The third-order valence-electron chi connectivity index (χ3n) is 2.60. The van der Waals surface area contributed by atoms with Crippen molar-refractivity contribution in [3.8, 4) is 5.75 Å². The van der Waals surface area contributed by atoms with Gasteiger partial charge in [-0.25, -0.2) is 19.3 Å². The number of ether oxygens (including phenoxy) is 2. The number of esters is 1. The van der Waals surface area contributed by atoms with Gasteiger partial charge in [0.05, 0.1) is 13.7 Å². The Labute approximate surface area is 119 Å². The highest BCUT2D eigenvalue weighted by Gasteiger charge is 2.12. The van der Waals surface area contributed by atoms with Gasteiger partial charge in [-0.3, -0.25) is 0 Å². The second-order valence-corrected chi connectivity index (χ2v) is 3.97. The van der Waals surface area contributed by atoms with Crippen LogP contribution in [-0.4, -0.2) is 45.5 Å². The van der Waals surface area contributed by atoms with Gasteiger partial charge in [0.2, 0.25) is 0 Å². The molecule has 0 fully saturated rings. The summed E-state index contributed by atoms with van der Waals surface area (Å²) in [6, 6.07) is 6.34. The van der Waals surface area contributed by atoms with Crippen molar-refractivity contribution < 1.29 is 24.2 Å². The molecule has 0 aliphatic heterocycles. The van der Waals surface area contributed by atoms with Crippen molar-refractivity contribution in [2.24, 2.45) is 0 Å². The maximum Gasteiger partial charge on any atom is 0.377 e. The Bertz CT molecular complexity index is 653. The summed E-state index contributed by atoms with van der Waals surface area (Å²) in [5, 5.41) is 12.9. The van der Waals surface area contributed by atoms with Gasteiger partial charge in [0, 0.05) is 0 Å². The molecule has 110 valence electrons. The number of hydrogen-bond donors (Lipinski definition) is 1. The van der Waals surface area contributed by atoms with E-state index in [4.69, 9.17) is 9.84 Å². The molecule has 0 radical (unpaired) electrons. The number of carboxylic acids is 1. The summed E-state index contributed by atoms with van der Waals surface area (Å²) in [5.74, 6) is -1.44. The lowest BCUT2D eigenvalue weighted by Gasteiger charge is -2.08. The maximum absolute atomic E-state index is 11.2. The van der Waals surface area contributed by atoms with Crippen LogP contribution in [0.25, 0.3) is 0 Å². The predicted molar refractivity (Wildman–Crippen MR) is 70.3 cm³/mol. The molecule has 0 bridgehead atoms. The third-order valence-corrected chi connectivity index (χ3v) is 2.60. The van der Waals surface area contributed by atoms with Gasteiger partial charge >= 0.3 is 11.9 Å². The molecule has 2 aromatic rings. The molecule has 2 rings (SSSR count). The smallest absolute Gasteiger partial charge is 0.377 e. The van der Waals surface area contributed by atoms with Crippen LogP contribution in [0.5, 0.6) is 5.75 Å². The zero-order chi connectivity index (χ0) is 15.2. The topological polar surface area (TPSA) is 104 Å². The molecule has 0 saturated carbocycles. The van der Waals surface area contributed by atoms with Crippen molar-refractivity contribution in [3.05, 3.63) is 42.0 Å². The van der Waals surface area contributed by atoms with Crippen LogP contribution in [0.15, 0.2) is 30.6 Å². The van der Waals surface area contributed by atoms with Crippen molar-refractivity contribution in [2.75, 3.05) is 13.7 Å². The second-order valence-electron chi connectivity index (χ2n) is 3.97. The standard InChI is InChI=1S/C13H13N3O5/c1-20-13(19)11-14-8-16(15-11)6-7-21-10-5-3-2-4-9(10)12(17)18/h2-5,8H,6-7H2,1H3,(H,17,18). The molecule has 8 nitrogen and oxygen atoms in total. The Morgan fingerprint density at radius 2 is 2.10 bits per heavy atom. The van der Waals surface area contributed by atoms with Gasteiger partial charge in [-0.2, -0.15) is 0 Å². The molecule has 1 heterocycles. The second kappa shape index (κ2) is 6.51. The van der Waals surface area contributed by atoms with E-state index in [2.05, 4.69) is 14.8 Å². The highest BCUT2D eigenvalue weighted by molar-refractivity contribution is 5.90. The fourth-order valence-electron chi connectivity index (χ4n) is 1.61. The predicted octanol–water partition coefficient (Wildman–Crippen LogP) is 0.842. The number of carbonyl (C=O) groups is 2. The summed E-state index contributed by atoms with van der Waals surface area (Å²) in [5.41, 5.74) is 0.0892. The van der Waals surface area contributed by atoms with Crippen molar-refractivity contribution in [1.29, 1.82) is 0 Å². The van der Waals surface area contributed by atoms with Crippen LogP contribution < -0.4 is 4.74 Å². The molecule has 0 unspecified atom stereocenters. The summed E-state index contributed by atoms with van der Waals surface area (Å²) < 4.78 is 11.3. The average molecular weight is 291 g/mol. The lowest BCUT2D eigenvalue weighted by Crippen LogP contribution is -2.12. The average Bonchev–Trinajstić information content (AvgIpc) is 2.95. The van der Waals surface area contributed by atoms with E-state index in [1.807, 2.05) is 0 Å². The first-order valence-corrected chi connectivity index (χ1v) is 6.04. The van der Waals surface area contributed by atoms with E-state index < -0.39 is 11.9 Å². The molecule has 1 N–H and O–H groups in total. The minimum atomic E-state index is -1.06. The van der Waals surface area contributed by atoms with E-state index in [-0.39, 0.29) is 23.7 Å². The Hall–Kier alpha value is -2.90. The van der Waals surface area contributed by atoms with Crippen LogP contribution in [0.4, 0.5) is 0 Å². The number of benzene rings is 1. The number of hydrogen-bond acceptors (Lipinski definition) is 6. The molecule has 8 heteroatoms. The van der Waals surface area contributed by atoms with Gasteiger partial charge in [0.25, 0.3) is 5.82 Å². The molecule has 0 aliphatic rings. The highest BCUT2D eigenvalue weighted by Crippen LogP contribution is 2.17. The Kier molecular flexibility index (Phi) is 4.50. The van der Waals surface area contributed by atoms with Crippen LogP contribution in [0.1, 0.15) is 21.0 Å². The van der Waals surface area contributed by atoms with Gasteiger partial charge in [-0.1, -0.05) is 12.1 Å². The maximum atomic E-state index is 11.2. The quantitative estimate of drug-likeness (QED) is 0.786. The number of carboxylic acid groups (broad SMARTS) is 1. The molecule has 0 aliphatic carbocycles. The van der Waals surface area contributed by atoms with Gasteiger partial charge < -0.3 is 14.6 Å². The van der Waals surface area contributed by atoms with Crippen LogP contribution in [0.2, 0.25) is 0 Å². The fraction of sp³-hybridized carbons (Fsp3) is 0.231. The van der Waals surface area contributed by atoms with Crippen molar-refractivity contribution in [3.63, 3.8) is 0 Å². The van der Waals surface area contributed by atoms with Crippen LogP contribution in [0.3, 0.4) is 0 Å². The minimum absolute atomic E-state index is 0.0385. The van der Waals surface area contributed by atoms with Crippen LogP contribution >= 0.6 is 0 Å². The number of rotatable bonds is 6. The number of carbonyl (C=O) groups excluding carboxylic acids is 1. The first-order valence-electron chi connectivity index (χ1n) is 6.04. The summed E-state index contributed by atoms with van der Waals surface area (Å²) >= 11 is 0. The number of aromatic nitrogens is 3. The molecule has 0 atom stereocenters. The van der Waals surface area contributed by atoms with Crippen molar-refractivity contribution >= 4 is 11.9 Å². The molecular weight excluding hydrogens is 278 g/mol. The lowest BCUT2D eigenvalue weighted by molar-refractivity contribution is 0.0585. The van der Waals surface area contributed by atoms with Crippen molar-refractivity contribution in [2.45, 2.75) is 6.54 Å². The summed E-state index contributed by atoms with van der Waals surface area (Å²) in [6.45, 7) is 0.506. The summed E-state index contributed by atoms with van der Waals surface area (Å²) in [4.78, 5) is 26.0. The molecule has 0 spiro atoms. The highest BCUT2D eigenvalue weighted by atomic mass is 16.5. The van der Waals surface area contributed by atoms with E-state index in [1.165, 1.54) is 24.2 Å². The number of nitrogens with zero attached hydrogens (tertiary/aromatic N) is 3. The van der Waals surface area contributed by atoms with Gasteiger partial charge in [0.1, 0.15) is 24.2 Å². The van der Waals surface area contributed by atoms with E-state index >= 15 is 0 Å². The normalized spacial score (nSPS) is 10.1. The van der Waals surface area contributed by atoms with E-state index in [9.17, 15) is 9.59 Å². The zero-order valence-corrected chi connectivity index (χ0v) is 11.2. The fourth-order valence-corrected chi connectivity index (χ4v) is 1.61. The molecule has 1 aromatic carbocycles. The van der Waals surface area contributed by atoms with Gasteiger partial charge in [-0.15, -0.1) is 5.10 Å². The number of aromatic carboxylic acids is 1. The first-order chi connectivity index (χ1) is 10.1. The molecule has 0 saturated heterocycles. The van der Waals surface area contributed by atoms with Gasteiger partial charge in [0.15, 0.2) is 0 Å². The van der Waals surface area contributed by atoms with Crippen LogP contribution in [0, 0.1) is 0 Å². The summed E-state index contributed by atoms with van der Waals surface area (Å²) in [7, 11) is 1.25. The van der Waals surface area contributed by atoms with Crippen LogP contribution in [-0.2, 0) is 11.3 Å². The first kappa shape index (κ1) is 14.5. The Balaban J connectivity index is 1.94. The van der Waals surface area contributed by atoms with E-state index in [0.717, 1.165) is 0 Å². The largest absolute Gasteiger partial charge is 0.491 e. The monoisotopic (exact) mass is 291 g/mol. The summed E-state index contributed by atoms with van der Waals surface area (Å²) in [6.07, 6.45) is 1.37. The Morgan fingerprint density at radius 3 is 2.81 bits per heavy atom. The number of para-hydroxylation sites is 1.